The Balaban J connectivity index is 2.08. The number of nitrogens with zero attached hydrogens (tertiary/aromatic N) is 1. The highest BCUT2D eigenvalue weighted by Crippen LogP contribution is 2.26. The van der Waals surface area contributed by atoms with E-state index in [-0.39, 0.29) is 0 Å². The molecule has 2 aromatic carbocycles. The summed E-state index contributed by atoms with van der Waals surface area (Å²) in [6, 6.07) is 16.8. The first-order chi connectivity index (χ1) is 10.3. The number of rotatable bonds is 5. The Morgan fingerprint density at radius 2 is 1.86 bits per heavy atom. The molecule has 0 unspecified atom stereocenters. The van der Waals surface area contributed by atoms with Crippen LogP contribution in [0.1, 0.15) is 11.1 Å². The average Bonchev–Trinajstić information content (AvgIpc) is 2.92. The maximum atomic E-state index is 5.54. The van der Waals surface area contributed by atoms with Gasteiger partial charge in [0.2, 0.25) is 0 Å². The van der Waals surface area contributed by atoms with Crippen LogP contribution >= 0.6 is 0 Å². The van der Waals surface area contributed by atoms with Gasteiger partial charge in [-0.1, -0.05) is 36.4 Å². The van der Waals surface area contributed by atoms with Crippen molar-refractivity contribution in [3.63, 3.8) is 0 Å². The molecule has 0 amide bonds. The third kappa shape index (κ3) is 2.71. The first-order valence-corrected chi connectivity index (χ1v) is 7.03. The van der Waals surface area contributed by atoms with Gasteiger partial charge in [0, 0.05) is 18.9 Å². The fraction of sp³-hybridized carbons (Fsp3) is 0.222. The summed E-state index contributed by atoms with van der Waals surface area (Å²) >= 11 is 0. The highest BCUT2D eigenvalue weighted by molar-refractivity contribution is 5.82. The molecule has 108 valence electrons. The molecule has 3 nitrogen and oxygen atoms in total. The van der Waals surface area contributed by atoms with Crippen LogP contribution in [0.5, 0.6) is 0 Å². The van der Waals surface area contributed by atoms with Crippen LogP contribution in [0.4, 0.5) is 0 Å². The zero-order valence-corrected chi connectivity index (χ0v) is 12.4. The van der Waals surface area contributed by atoms with Crippen molar-refractivity contribution in [1.29, 1.82) is 0 Å². The minimum absolute atomic E-state index is 0.305. The van der Waals surface area contributed by atoms with Gasteiger partial charge in [-0.3, -0.25) is 0 Å². The summed E-state index contributed by atoms with van der Waals surface area (Å²) in [6.45, 7) is 2.97. The number of hydrogen-bond donors (Lipinski definition) is 0. The molecule has 1 heterocycles. The second-order valence-electron chi connectivity index (χ2n) is 5.08. The van der Waals surface area contributed by atoms with E-state index in [1.807, 2.05) is 0 Å². The molecule has 0 radical (unpaired) electrons. The van der Waals surface area contributed by atoms with Crippen LogP contribution in [-0.2, 0) is 16.1 Å². The minimum Gasteiger partial charge on any atom is -0.359 e. The average molecular weight is 281 g/mol. The Kier molecular flexibility index (Phi) is 4.04. The van der Waals surface area contributed by atoms with Crippen LogP contribution in [0.2, 0.25) is 0 Å². The standard InChI is InChI=1S/C18H19NO2/c1-14-6-5-8-16(12-21-13-20-2)18(14)19-11-10-15-7-3-4-9-17(15)19/h3-11H,12-13H2,1-2H3. The van der Waals surface area contributed by atoms with Gasteiger partial charge in [0.1, 0.15) is 6.79 Å². The van der Waals surface area contributed by atoms with Crippen LogP contribution in [0, 0.1) is 6.92 Å². The Morgan fingerprint density at radius 3 is 2.71 bits per heavy atom. The smallest absolute Gasteiger partial charge is 0.146 e. The second kappa shape index (κ2) is 6.12. The first kappa shape index (κ1) is 13.9. The summed E-state index contributed by atoms with van der Waals surface area (Å²) < 4.78 is 12.7. The summed E-state index contributed by atoms with van der Waals surface area (Å²) in [5.41, 5.74) is 4.79. The van der Waals surface area contributed by atoms with Gasteiger partial charge in [0.15, 0.2) is 0 Å². The molecule has 3 heteroatoms. The molecule has 0 aliphatic rings. The van der Waals surface area contributed by atoms with Crippen molar-refractivity contribution in [2.45, 2.75) is 13.5 Å². The van der Waals surface area contributed by atoms with Gasteiger partial charge < -0.3 is 14.0 Å². The molecule has 0 saturated heterocycles. The molecule has 21 heavy (non-hydrogen) atoms. The Hall–Kier alpha value is -2.10. The summed E-state index contributed by atoms with van der Waals surface area (Å²) in [7, 11) is 1.64. The maximum absolute atomic E-state index is 5.54. The zero-order valence-electron chi connectivity index (χ0n) is 12.4. The molecule has 0 atom stereocenters. The molecular formula is C18H19NO2. The number of methoxy groups -OCH3 is 1. The van der Waals surface area contributed by atoms with E-state index in [1.54, 1.807) is 7.11 Å². The van der Waals surface area contributed by atoms with E-state index in [0.717, 1.165) is 5.56 Å². The largest absolute Gasteiger partial charge is 0.359 e. The van der Waals surface area contributed by atoms with Gasteiger partial charge in [-0.2, -0.15) is 0 Å². The summed E-state index contributed by atoms with van der Waals surface area (Å²) in [4.78, 5) is 0. The highest BCUT2D eigenvalue weighted by Gasteiger charge is 2.10. The lowest BCUT2D eigenvalue weighted by molar-refractivity contribution is -0.0390. The number of ether oxygens (including phenoxy) is 2. The van der Waals surface area contributed by atoms with Crippen molar-refractivity contribution in [3.8, 4) is 5.69 Å². The fourth-order valence-corrected chi connectivity index (χ4v) is 2.69. The van der Waals surface area contributed by atoms with Crippen molar-refractivity contribution in [3.05, 3.63) is 65.9 Å². The van der Waals surface area contributed by atoms with Crippen LogP contribution < -0.4 is 0 Å². The molecule has 3 rings (SSSR count). The van der Waals surface area contributed by atoms with E-state index >= 15 is 0 Å². The van der Waals surface area contributed by atoms with Crippen molar-refractivity contribution >= 4 is 10.9 Å². The molecule has 0 N–H and O–H groups in total. The number of hydrogen-bond acceptors (Lipinski definition) is 2. The number of para-hydroxylation sites is 2. The topological polar surface area (TPSA) is 23.4 Å². The number of benzene rings is 2. The third-order valence-electron chi connectivity index (χ3n) is 3.62. The molecule has 0 aliphatic carbocycles. The fourth-order valence-electron chi connectivity index (χ4n) is 2.69. The van der Waals surface area contributed by atoms with Crippen LogP contribution in [-0.4, -0.2) is 18.5 Å². The highest BCUT2D eigenvalue weighted by atomic mass is 16.7. The van der Waals surface area contributed by atoms with Gasteiger partial charge in [-0.25, -0.2) is 0 Å². The lowest BCUT2D eigenvalue weighted by Gasteiger charge is -2.15. The van der Waals surface area contributed by atoms with E-state index in [2.05, 4.69) is 66.2 Å². The zero-order chi connectivity index (χ0) is 14.7. The van der Waals surface area contributed by atoms with Gasteiger partial charge in [-0.15, -0.1) is 0 Å². The quantitative estimate of drug-likeness (QED) is 0.520. The van der Waals surface area contributed by atoms with E-state index in [4.69, 9.17) is 9.47 Å². The van der Waals surface area contributed by atoms with Crippen molar-refractivity contribution < 1.29 is 9.47 Å². The molecule has 1 aromatic heterocycles. The lowest BCUT2D eigenvalue weighted by atomic mass is 10.1. The number of aromatic nitrogens is 1. The van der Waals surface area contributed by atoms with Crippen molar-refractivity contribution in [2.24, 2.45) is 0 Å². The first-order valence-electron chi connectivity index (χ1n) is 7.03. The third-order valence-corrected chi connectivity index (χ3v) is 3.62. The predicted molar refractivity (Wildman–Crippen MR) is 84.7 cm³/mol. The van der Waals surface area contributed by atoms with Gasteiger partial charge >= 0.3 is 0 Å². The van der Waals surface area contributed by atoms with E-state index in [1.165, 1.54) is 22.2 Å². The van der Waals surface area contributed by atoms with Crippen LogP contribution in [0.3, 0.4) is 0 Å². The second-order valence-corrected chi connectivity index (χ2v) is 5.08. The van der Waals surface area contributed by atoms with Crippen molar-refractivity contribution in [1.82, 2.24) is 4.57 Å². The summed E-state index contributed by atoms with van der Waals surface area (Å²) in [5, 5.41) is 1.24. The monoisotopic (exact) mass is 281 g/mol. The molecular weight excluding hydrogens is 262 g/mol. The van der Waals surface area contributed by atoms with Gasteiger partial charge in [0.05, 0.1) is 17.8 Å². The van der Waals surface area contributed by atoms with E-state index in [0.29, 0.717) is 13.4 Å². The Morgan fingerprint density at radius 1 is 1.00 bits per heavy atom. The van der Waals surface area contributed by atoms with Crippen LogP contribution in [0.25, 0.3) is 16.6 Å². The Bertz CT molecular complexity index is 746. The van der Waals surface area contributed by atoms with E-state index < -0.39 is 0 Å². The number of aryl methyl sites for hydroxylation is 1. The molecule has 0 saturated carbocycles. The SMILES string of the molecule is COCOCc1cccc(C)c1-n1ccc2ccccc21. The number of fused-ring (bicyclic) bond motifs is 1. The molecule has 0 bridgehead atoms. The summed E-state index contributed by atoms with van der Waals surface area (Å²) in [5.74, 6) is 0. The maximum Gasteiger partial charge on any atom is 0.146 e. The molecule has 0 fully saturated rings. The normalized spacial score (nSPS) is 11.1. The Labute approximate surface area is 124 Å². The van der Waals surface area contributed by atoms with Gasteiger partial charge in [-0.05, 0) is 30.0 Å². The molecule has 0 spiro atoms. The van der Waals surface area contributed by atoms with Crippen LogP contribution in [0.15, 0.2) is 54.7 Å². The minimum atomic E-state index is 0.305. The van der Waals surface area contributed by atoms with Crippen molar-refractivity contribution in [2.75, 3.05) is 13.9 Å². The summed E-state index contributed by atoms with van der Waals surface area (Å²) in [6.07, 6.45) is 2.12. The molecule has 3 aromatic rings. The lowest BCUT2D eigenvalue weighted by Crippen LogP contribution is -2.04. The molecule has 0 aliphatic heterocycles. The predicted octanol–water partition coefficient (Wildman–Crippen LogP) is 4.06. The van der Waals surface area contributed by atoms with Gasteiger partial charge in [0.25, 0.3) is 0 Å². The van der Waals surface area contributed by atoms with E-state index in [9.17, 15) is 0 Å².